The third-order valence-electron chi connectivity index (χ3n) is 4.04. The highest BCUT2D eigenvalue weighted by Crippen LogP contribution is 2.15. The van der Waals surface area contributed by atoms with Gasteiger partial charge in [-0.25, -0.2) is 19.0 Å². The average Bonchev–Trinajstić information content (AvgIpc) is 2.69. The molecule has 0 bridgehead atoms. The van der Waals surface area contributed by atoms with E-state index in [9.17, 15) is 23.9 Å². The molecule has 0 saturated carbocycles. The number of hydrogen-bond donors (Lipinski definition) is 2. The van der Waals surface area contributed by atoms with E-state index >= 15 is 0 Å². The number of carboxylic acids is 1. The summed E-state index contributed by atoms with van der Waals surface area (Å²) in [6.45, 7) is 4.96. The second kappa shape index (κ2) is 10.5. The molecule has 1 amide bonds. The van der Waals surface area contributed by atoms with E-state index in [1.165, 1.54) is 24.4 Å². The van der Waals surface area contributed by atoms with Crippen LogP contribution in [0.5, 0.6) is 5.88 Å². The van der Waals surface area contributed by atoms with Gasteiger partial charge in [0.05, 0.1) is 0 Å². The normalized spacial score (nSPS) is 12.0. The van der Waals surface area contributed by atoms with Gasteiger partial charge >= 0.3 is 12.1 Å². The summed E-state index contributed by atoms with van der Waals surface area (Å²) in [5.74, 6) is -1.78. The molecule has 0 fully saturated rings. The molecule has 1 unspecified atom stereocenters. The number of ketones is 1. The summed E-state index contributed by atoms with van der Waals surface area (Å²) >= 11 is 0. The Morgan fingerprint density at radius 1 is 1.16 bits per heavy atom. The molecule has 1 heterocycles. The molecule has 166 valence electrons. The Balaban J connectivity index is 1.88. The lowest BCUT2D eigenvalue weighted by atomic mass is 10.0. The number of carboxylic acid groups (broad SMARTS) is 1. The Kier molecular flexibility index (Phi) is 8.07. The highest BCUT2D eigenvalue weighted by Gasteiger charge is 2.24. The zero-order chi connectivity index (χ0) is 23.0. The van der Waals surface area contributed by atoms with Crippen LogP contribution in [0.1, 0.15) is 49.5 Å². The van der Waals surface area contributed by atoms with E-state index < -0.39 is 23.7 Å². The van der Waals surface area contributed by atoms with E-state index in [-0.39, 0.29) is 42.5 Å². The number of aliphatic carboxylic acids is 1. The van der Waals surface area contributed by atoms with Gasteiger partial charge in [0.25, 0.3) is 0 Å². The molecule has 31 heavy (non-hydrogen) atoms. The molecule has 2 N–H and O–H groups in total. The molecule has 0 saturated heterocycles. The quantitative estimate of drug-likeness (QED) is 0.580. The molecule has 1 aromatic heterocycles. The lowest BCUT2D eigenvalue weighted by Crippen LogP contribution is -2.43. The molecule has 0 aliphatic carbocycles. The number of nitrogens with zero attached hydrogens (tertiary/aromatic N) is 1. The zero-order valence-corrected chi connectivity index (χ0v) is 17.6. The number of amides is 1. The van der Waals surface area contributed by atoms with Gasteiger partial charge < -0.3 is 19.9 Å². The van der Waals surface area contributed by atoms with Crippen molar-refractivity contribution in [3.05, 3.63) is 59.5 Å². The highest BCUT2D eigenvalue weighted by atomic mass is 19.1. The summed E-state index contributed by atoms with van der Waals surface area (Å²) in [5.41, 5.74) is -0.133. The molecular weight excluding hydrogens is 407 g/mol. The Morgan fingerprint density at radius 3 is 2.45 bits per heavy atom. The van der Waals surface area contributed by atoms with Gasteiger partial charge in [-0.05, 0) is 39.3 Å². The Hall–Kier alpha value is -3.49. The number of aromatic nitrogens is 1. The van der Waals surface area contributed by atoms with E-state index in [0.29, 0.717) is 5.56 Å². The minimum absolute atomic E-state index is 0.0103. The second-order valence-electron chi connectivity index (χ2n) is 7.76. The number of nitrogens with one attached hydrogen (secondary N) is 1. The number of pyridine rings is 1. The number of benzene rings is 1. The van der Waals surface area contributed by atoms with Crippen LogP contribution in [0.4, 0.5) is 9.18 Å². The van der Waals surface area contributed by atoms with Crippen LogP contribution in [0.15, 0.2) is 42.6 Å². The van der Waals surface area contributed by atoms with Gasteiger partial charge in [-0.1, -0.05) is 18.2 Å². The van der Waals surface area contributed by atoms with Crippen LogP contribution in [0, 0.1) is 5.82 Å². The maximum absolute atomic E-state index is 13.6. The maximum atomic E-state index is 13.6. The van der Waals surface area contributed by atoms with Crippen LogP contribution >= 0.6 is 0 Å². The van der Waals surface area contributed by atoms with Crippen LogP contribution < -0.4 is 10.1 Å². The summed E-state index contributed by atoms with van der Waals surface area (Å²) in [7, 11) is 0. The standard InChI is InChI=1S/C22H25FN2O6/c1-22(2,3)31-21(29)25-17(20(27)28)9-10-18(26)14-8-11-19(24-12-14)30-13-15-6-4-5-7-16(15)23/h4-8,11-12,17H,9-10,13H2,1-3H3,(H,25,29)(H,27,28). The van der Waals surface area contributed by atoms with Crippen molar-refractivity contribution in [1.82, 2.24) is 10.3 Å². The number of carbonyl (C=O) groups is 3. The predicted octanol–water partition coefficient (Wildman–Crippen LogP) is 3.74. The highest BCUT2D eigenvalue weighted by molar-refractivity contribution is 5.96. The van der Waals surface area contributed by atoms with Gasteiger partial charge in [0.15, 0.2) is 5.78 Å². The zero-order valence-electron chi connectivity index (χ0n) is 17.6. The summed E-state index contributed by atoms with van der Waals surface area (Å²) in [6, 6.07) is 7.89. The molecule has 9 heteroatoms. The molecule has 8 nitrogen and oxygen atoms in total. The summed E-state index contributed by atoms with van der Waals surface area (Å²) in [6.07, 6.45) is 0.198. The Morgan fingerprint density at radius 2 is 1.87 bits per heavy atom. The maximum Gasteiger partial charge on any atom is 0.408 e. The minimum atomic E-state index is -1.27. The first-order chi connectivity index (χ1) is 14.5. The Labute approximate surface area is 179 Å². The third kappa shape index (κ3) is 8.04. The summed E-state index contributed by atoms with van der Waals surface area (Å²) < 4.78 is 24.1. The topological polar surface area (TPSA) is 115 Å². The van der Waals surface area contributed by atoms with Gasteiger partial charge in [-0.2, -0.15) is 0 Å². The van der Waals surface area contributed by atoms with Crippen LogP contribution in [-0.2, 0) is 16.1 Å². The smallest absolute Gasteiger partial charge is 0.408 e. The number of rotatable bonds is 9. The van der Waals surface area contributed by atoms with Crippen molar-refractivity contribution in [3.63, 3.8) is 0 Å². The molecule has 0 radical (unpaired) electrons. The van der Waals surface area contributed by atoms with E-state index in [1.807, 2.05) is 0 Å². The fourth-order valence-electron chi connectivity index (χ4n) is 2.52. The van der Waals surface area contributed by atoms with Crippen molar-refractivity contribution in [2.75, 3.05) is 0 Å². The molecule has 0 spiro atoms. The van der Waals surface area contributed by atoms with Gasteiger partial charge in [0.1, 0.15) is 24.1 Å². The molecule has 0 aliphatic rings. The van der Waals surface area contributed by atoms with Crippen molar-refractivity contribution in [2.24, 2.45) is 0 Å². The van der Waals surface area contributed by atoms with Gasteiger partial charge in [0.2, 0.25) is 5.88 Å². The van der Waals surface area contributed by atoms with Crippen molar-refractivity contribution in [3.8, 4) is 5.88 Å². The fourth-order valence-corrected chi connectivity index (χ4v) is 2.52. The van der Waals surface area contributed by atoms with Crippen LogP contribution in [0.3, 0.4) is 0 Å². The van der Waals surface area contributed by atoms with Crippen molar-refractivity contribution in [2.45, 2.75) is 51.9 Å². The van der Waals surface area contributed by atoms with E-state index in [2.05, 4.69) is 10.3 Å². The van der Waals surface area contributed by atoms with Gasteiger partial charge in [-0.15, -0.1) is 0 Å². The van der Waals surface area contributed by atoms with Crippen molar-refractivity contribution < 1.29 is 33.4 Å². The molecular formula is C22H25FN2O6. The predicted molar refractivity (Wildman–Crippen MR) is 109 cm³/mol. The largest absolute Gasteiger partial charge is 0.480 e. The number of alkyl carbamates (subject to hydrolysis) is 1. The lowest BCUT2D eigenvalue weighted by Gasteiger charge is -2.21. The minimum Gasteiger partial charge on any atom is -0.480 e. The molecule has 2 aromatic rings. The van der Waals surface area contributed by atoms with Gasteiger partial charge in [0, 0.05) is 29.8 Å². The van der Waals surface area contributed by atoms with E-state index in [1.54, 1.807) is 39.0 Å². The van der Waals surface area contributed by atoms with Crippen LogP contribution in [-0.4, -0.2) is 39.6 Å². The number of halogens is 1. The number of carbonyl (C=O) groups excluding carboxylic acids is 2. The Bertz CT molecular complexity index is 924. The summed E-state index contributed by atoms with van der Waals surface area (Å²) in [4.78, 5) is 39.5. The first kappa shape index (κ1) is 23.8. The first-order valence-electron chi connectivity index (χ1n) is 9.63. The monoisotopic (exact) mass is 432 g/mol. The lowest BCUT2D eigenvalue weighted by molar-refractivity contribution is -0.139. The molecule has 1 aromatic carbocycles. The third-order valence-corrected chi connectivity index (χ3v) is 4.04. The number of ether oxygens (including phenoxy) is 2. The fraction of sp³-hybridized carbons (Fsp3) is 0.364. The second-order valence-corrected chi connectivity index (χ2v) is 7.76. The van der Waals surface area contributed by atoms with E-state index in [0.717, 1.165) is 0 Å². The van der Waals surface area contributed by atoms with Crippen LogP contribution in [0.25, 0.3) is 0 Å². The van der Waals surface area contributed by atoms with E-state index in [4.69, 9.17) is 9.47 Å². The first-order valence-corrected chi connectivity index (χ1v) is 9.63. The average molecular weight is 432 g/mol. The SMILES string of the molecule is CC(C)(C)OC(=O)NC(CCC(=O)c1ccc(OCc2ccccc2F)nc1)C(=O)O. The van der Waals surface area contributed by atoms with Gasteiger partial charge in [-0.3, -0.25) is 4.79 Å². The van der Waals surface area contributed by atoms with Crippen molar-refractivity contribution in [1.29, 1.82) is 0 Å². The summed E-state index contributed by atoms with van der Waals surface area (Å²) in [5, 5.41) is 11.5. The van der Waals surface area contributed by atoms with Crippen molar-refractivity contribution >= 4 is 17.8 Å². The molecule has 1 atom stereocenters. The number of Topliss-reactive ketones (excluding diaryl/α,β-unsaturated/α-hetero) is 1. The molecule has 2 rings (SSSR count). The molecule has 0 aliphatic heterocycles. The number of hydrogen-bond acceptors (Lipinski definition) is 6. The van der Waals surface area contributed by atoms with Crippen LogP contribution in [0.2, 0.25) is 0 Å².